The van der Waals surface area contributed by atoms with Gasteiger partial charge in [0.1, 0.15) is 17.1 Å². The summed E-state index contributed by atoms with van der Waals surface area (Å²) in [6.07, 6.45) is 3.62. The molecule has 0 spiro atoms. The smallest absolute Gasteiger partial charge is 0.384 e. The summed E-state index contributed by atoms with van der Waals surface area (Å²) in [5.74, 6) is 7.42. The molecule has 6 heteroatoms. The van der Waals surface area contributed by atoms with Crippen LogP contribution in [0.2, 0.25) is 0 Å². The highest BCUT2D eigenvalue weighted by Crippen LogP contribution is 2.49. The van der Waals surface area contributed by atoms with Crippen molar-refractivity contribution in [1.82, 2.24) is 9.97 Å². The molecule has 0 N–H and O–H groups in total. The number of aryl methyl sites for hydroxylation is 2. The van der Waals surface area contributed by atoms with Crippen molar-refractivity contribution < 1.29 is 19.0 Å². The largest absolute Gasteiger partial charge is 0.497 e. The van der Waals surface area contributed by atoms with E-state index in [1.807, 2.05) is 6.07 Å². The molecule has 6 nitrogen and oxygen atoms in total. The molecule has 0 bridgehead atoms. The highest BCUT2D eigenvalue weighted by atomic mass is 16.5. The van der Waals surface area contributed by atoms with Crippen LogP contribution in [0.4, 0.5) is 0 Å². The van der Waals surface area contributed by atoms with Gasteiger partial charge < -0.3 is 14.2 Å². The Balaban J connectivity index is 1.67. The molecule has 0 unspecified atom stereocenters. The fraction of sp³-hybridized carbons (Fsp3) is 0.435. The van der Waals surface area contributed by atoms with Crippen LogP contribution in [0.15, 0.2) is 24.4 Å². The Morgan fingerprint density at radius 2 is 2.14 bits per heavy atom. The number of methoxy groups -OCH3 is 1. The zero-order chi connectivity index (χ0) is 20.8. The third-order valence-corrected chi connectivity index (χ3v) is 4.94. The van der Waals surface area contributed by atoms with Crippen LogP contribution in [-0.2, 0) is 16.0 Å². The van der Waals surface area contributed by atoms with Gasteiger partial charge in [-0.05, 0) is 61.8 Å². The maximum atomic E-state index is 11.5. The van der Waals surface area contributed by atoms with Gasteiger partial charge in [0.05, 0.1) is 26.5 Å². The van der Waals surface area contributed by atoms with Crippen molar-refractivity contribution in [3.8, 4) is 23.5 Å². The number of nitrogens with zero attached hydrogens (tertiary/aromatic N) is 2. The molecule has 0 radical (unpaired) electrons. The van der Waals surface area contributed by atoms with E-state index < -0.39 is 5.97 Å². The summed E-state index contributed by atoms with van der Waals surface area (Å²) in [7, 11) is 1.69. The minimum absolute atomic E-state index is 0.287. The molecule has 1 aromatic heterocycles. The van der Waals surface area contributed by atoms with E-state index in [2.05, 4.69) is 40.9 Å². The van der Waals surface area contributed by atoms with Gasteiger partial charge in [-0.25, -0.2) is 9.78 Å². The van der Waals surface area contributed by atoms with E-state index in [1.165, 1.54) is 11.1 Å². The summed E-state index contributed by atoms with van der Waals surface area (Å²) in [5, 5.41) is 0. The van der Waals surface area contributed by atoms with Crippen LogP contribution in [0, 0.1) is 24.7 Å². The molecule has 152 valence electrons. The first-order chi connectivity index (χ1) is 14.0. The zero-order valence-corrected chi connectivity index (χ0v) is 17.3. The third-order valence-electron chi connectivity index (χ3n) is 4.94. The number of rotatable bonds is 7. The number of carbonyl (C=O) groups is 1. The summed E-state index contributed by atoms with van der Waals surface area (Å²) in [4.78, 5) is 20.0. The Bertz CT molecular complexity index is 946. The average Bonchev–Trinajstić information content (AvgIpc) is 3.50. The Kier molecular flexibility index (Phi) is 6.71. The minimum Gasteiger partial charge on any atom is -0.497 e. The van der Waals surface area contributed by atoms with Crippen molar-refractivity contribution in [2.45, 2.75) is 39.5 Å². The van der Waals surface area contributed by atoms with Gasteiger partial charge >= 0.3 is 5.97 Å². The van der Waals surface area contributed by atoms with Crippen molar-refractivity contribution in [1.29, 1.82) is 0 Å². The normalized spacial score (nSPS) is 17.1. The van der Waals surface area contributed by atoms with E-state index in [0.717, 1.165) is 18.6 Å². The lowest BCUT2D eigenvalue weighted by Gasteiger charge is -2.11. The predicted molar refractivity (Wildman–Crippen MR) is 109 cm³/mol. The molecular weight excluding hydrogens is 368 g/mol. The second kappa shape index (κ2) is 9.42. The van der Waals surface area contributed by atoms with E-state index in [0.29, 0.717) is 35.7 Å². The Labute approximate surface area is 171 Å². The molecule has 0 amide bonds. The minimum atomic E-state index is -0.576. The summed E-state index contributed by atoms with van der Waals surface area (Å²) < 4.78 is 16.1. The molecule has 1 heterocycles. The van der Waals surface area contributed by atoms with E-state index in [9.17, 15) is 4.79 Å². The van der Waals surface area contributed by atoms with Gasteiger partial charge in [-0.15, -0.1) is 0 Å². The molecular formula is C23H26N2O4. The molecule has 1 saturated carbocycles. The van der Waals surface area contributed by atoms with Crippen molar-refractivity contribution in [3.05, 3.63) is 46.9 Å². The highest BCUT2D eigenvalue weighted by molar-refractivity contribution is 5.89. The van der Waals surface area contributed by atoms with Crippen LogP contribution in [0.1, 0.15) is 48.7 Å². The molecule has 1 aromatic carbocycles. The maximum Gasteiger partial charge on any atom is 0.384 e. The van der Waals surface area contributed by atoms with Gasteiger partial charge in [0.25, 0.3) is 0 Å². The van der Waals surface area contributed by atoms with Crippen molar-refractivity contribution in [3.63, 3.8) is 0 Å². The highest BCUT2D eigenvalue weighted by Gasteiger charge is 2.40. The molecule has 0 aliphatic heterocycles. The summed E-state index contributed by atoms with van der Waals surface area (Å²) in [6.45, 7) is 6.52. The van der Waals surface area contributed by atoms with Gasteiger partial charge in [-0.1, -0.05) is 13.0 Å². The van der Waals surface area contributed by atoms with E-state index in [4.69, 9.17) is 14.2 Å². The van der Waals surface area contributed by atoms with Crippen LogP contribution in [-0.4, -0.2) is 36.3 Å². The van der Waals surface area contributed by atoms with Crippen molar-refractivity contribution in [2.24, 2.45) is 5.92 Å². The number of esters is 1. The number of aromatic nitrogens is 2. The number of hydrogen-bond acceptors (Lipinski definition) is 6. The maximum absolute atomic E-state index is 11.5. The first-order valence-corrected chi connectivity index (χ1v) is 9.87. The van der Waals surface area contributed by atoms with E-state index in [1.54, 1.807) is 27.2 Å². The Hall–Kier alpha value is -3.07. The lowest BCUT2D eigenvalue weighted by atomic mass is 10.00. The first-order valence-electron chi connectivity index (χ1n) is 9.87. The number of benzene rings is 1. The lowest BCUT2D eigenvalue weighted by Crippen LogP contribution is -2.06. The second-order valence-corrected chi connectivity index (χ2v) is 6.94. The molecule has 29 heavy (non-hydrogen) atoms. The predicted octanol–water partition coefficient (Wildman–Crippen LogP) is 3.45. The van der Waals surface area contributed by atoms with E-state index >= 15 is 0 Å². The average molecular weight is 394 g/mol. The standard InChI is InChI=1S/C23H26N2O4/c1-5-16-11-19(27-4)8-9-20(16)21-12-18(21)14-29-23-17(13-24-15(3)25-23)7-10-22(26)28-6-2/h8-9,11,13,18,21H,5-6,12,14H2,1-4H3/t18-,21+/m1/s1. The molecule has 1 aliphatic carbocycles. The van der Waals surface area contributed by atoms with Crippen LogP contribution in [0.3, 0.4) is 0 Å². The lowest BCUT2D eigenvalue weighted by molar-refractivity contribution is -0.136. The molecule has 1 fully saturated rings. The monoisotopic (exact) mass is 394 g/mol. The molecule has 2 aromatic rings. The van der Waals surface area contributed by atoms with Crippen LogP contribution in [0.5, 0.6) is 11.6 Å². The van der Waals surface area contributed by atoms with Crippen molar-refractivity contribution in [2.75, 3.05) is 20.3 Å². The van der Waals surface area contributed by atoms with Gasteiger partial charge in [0.15, 0.2) is 0 Å². The van der Waals surface area contributed by atoms with Crippen molar-refractivity contribution >= 4 is 5.97 Å². The van der Waals surface area contributed by atoms with Crippen LogP contribution in [0.25, 0.3) is 0 Å². The number of hydrogen-bond donors (Lipinski definition) is 0. The molecule has 2 atom stereocenters. The number of ether oxygens (including phenoxy) is 3. The van der Waals surface area contributed by atoms with E-state index in [-0.39, 0.29) is 6.61 Å². The van der Waals surface area contributed by atoms with Gasteiger partial charge in [0, 0.05) is 11.8 Å². The fourth-order valence-electron chi connectivity index (χ4n) is 3.31. The Morgan fingerprint density at radius 3 is 2.86 bits per heavy atom. The van der Waals surface area contributed by atoms with Gasteiger partial charge in [0.2, 0.25) is 5.88 Å². The summed E-state index contributed by atoms with van der Waals surface area (Å²) in [5.41, 5.74) is 3.17. The van der Waals surface area contributed by atoms with Crippen LogP contribution < -0.4 is 9.47 Å². The number of carbonyl (C=O) groups excluding carboxylic acids is 1. The summed E-state index contributed by atoms with van der Waals surface area (Å²) in [6, 6.07) is 6.29. The third kappa shape index (κ3) is 5.26. The topological polar surface area (TPSA) is 70.5 Å². The fourth-order valence-corrected chi connectivity index (χ4v) is 3.31. The molecule has 1 aliphatic rings. The SMILES string of the molecule is CCOC(=O)C#Cc1cnc(C)nc1OC[C@H]1C[C@@H]1c1ccc(OC)cc1CC. The molecule has 3 rings (SSSR count). The van der Waals surface area contributed by atoms with Gasteiger partial charge in [-0.3, -0.25) is 0 Å². The molecule has 0 saturated heterocycles. The zero-order valence-electron chi connectivity index (χ0n) is 17.3. The van der Waals surface area contributed by atoms with Gasteiger partial charge in [-0.2, -0.15) is 4.98 Å². The Morgan fingerprint density at radius 1 is 1.31 bits per heavy atom. The van der Waals surface area contributed by atoms with Crippen LogP contribution >= 0.6 is 0 Å². The first kappa shape index (κ1) is 20.7. The second-order valence-electron chi connectivity index (χ2n) is 6.94. The quantitative estimate of drug-likeness (QED) is 0.529. The summed E-state index contributed by atoms with van der Waals surface area (Å²) >= 11 is 0.